The molecule has 0 rings (SSSR count). The maximum absolute atomic E-state index is 3.79. The molecule has 0 fully saturated rings. The van der Waals surface area contributed by atoms with Crippen molar-refractivity contribution in [1.82, 2.24) is 0 Å². The molecule has 0 aromatic carbocycles. The summed E-state index contributed by atoms with van der Waals surface area (Å²) in [6.07, 6.45) is 14.2. The standard InChI is InChI=1S/C14H26/c1-5-7-8-9-10-11-13-14(3,4)12-6-2/h6,10-11H,2,5,7-9,12-13H2,1,3-4H3. The molecule has 0 nitrogen and oxygen atoms in total. The molecule has 0 aromatic heterocycles. The van der Waals surface area contributed by atoms with E-state index in [9.17, 15) is 0 Å². The summed E-state index contributed by atoms with van der Waals surface area (Å²) in [5.74, 6) is 0. The SMILES string of the molecule is C=CCC(C)(C)CC=CCCCCC. The van der Waals surface area contributed by atoms with Crippen LogP contribution < -0.4 is 0 Å². The molecule has 0 aliphatic carbocycles. The molecule has 0 radical (unpaired) electrons. The summed E-state index contributed by atoms with van der Waals surface area (Å²) in [4.78, 5) is 0. The zero-order valence-corrected chi connectivity index (χ0v) is 10.2. The van der Waals surface area contributed by atoms with Crippen LogP contribution in [-0.2, 0) is 0 Å². The first kappa shape index (κ1) is 13.5. The molecule has 0 aromatic rings. The van der Waals surface area contributed by atoms with Crippen molar-refractivity contribution in [2.75, 3.05) is 0 Å². The lowest BCUT2D eigenvalue weighted by atomic mass is 9.85. The van der Waals surface area contributed by atoms with Crippen LogP contribution in [0.4, 0.5) is 0 Å². The van der Waals surface area contributed by atoms with Gasteiger partial charge in [-0.3, -0.25) is 0 Å². The summed E-state index contributed by atoms with van der Waals surface area (Å²) in [5, 5.41) is 0. The van der Waals surface area contributed by atoms with Gasteiger partial charge in [-0.2, -0.15) is 0 Å². The van der Waals surface area contributed by atoms with Crippen LogP contribution in [0.1, 0.15) is 59.3 Å². The molecule has 0 saturated heterocycles. The molecule has 0 heteroatoms. The minimum Gasteiger partial charge on any atom is -0.103 e. The van der Waals surface area contributed by atoms with Crippen LogP contribution in [0.2, 0.25) is 0 Å². The first-order valence-corrected chi connectivity index (χ1v) is 5.88. The van der Waals surface area contributed by atoms with Crippen LogP contribution in [0, 0.1) is 5.41 Å². The van der Waals surface area contributed by atoms with Crippen LogP contribution in [0.15, 0.2) is 24.8 Å². The first-order valence-electron chi connectivity index (χ1n) is 5.88. The van der Waals surface area contributed by atoms with Crippen LogP contribution in [0.25, 0.3) is 0 Å². The third-order valence-electron chi connectivity index (χ3n) is 2.51. The second kappa shape index (κ2) is 7.84. The quantitative estimate of drug-likeness (QED) is 0.372. The van der Waals surface area contributed by atoms with Crippen molar-refractivity contribution in [3.63, 3.8) is 0 Å². The summed E-state index contributed by atoms with van der Waals surface area (Å²) >= 11 is 0. The third kappa shape index (κ3) is 8.10. The van der Waals surface area contributed by atoms with E-state index in [0.717, 1.165) is 6.42 Å². The Labute approximate surface area is 90.1 Å². The molecule has 14 heavy (non-hydrogen) atoms. The molecule has 0 heterocycles. The molecule has 0 spiro atoms. The largest absolute Gasteiger partial charge is 0.103 e. The number of allylic oxidation sites excluding steroid dienone is 3. The van der Waals surface area contributed by atoms with Gasteiger partial charge in [-0.25, -0.2) is 0 Å². The van der Waals surface area contributed by atoms with Crippen molar-refractivity contribution in [2.24, 2.45) is 5.41 Å². The molecule has 0 N–H and O–H groups in total. The summed E-state index contributed by atoms with van der Waals surface area (Å²) in [7, 11) is 0. The van der Waals surface area contributed by atoms with E-state index in [2.05, 4.69) is 39.5 Å². The highest BCUT2D eigenvalue weighted by atomic mass is 14.2. The Morgan fingerprint density at radius 2 is 1.79 bits per heavy atom. The second-order valence-electron chi connectivity index (χ2n) is 4.83. The maximum Gasteiger partial charge on any atom is -0.0285 e. The minimum atomic E-state index is 0.392. The Bertz CT molecular complexity index is 163. The normalized spacial score (nSPS) is 12.2. The first-order chi connectivity index (χ1) is 6.62. The van der Waals surface area contributed by atoms with Gasteiger partial charge in [-0.1, -0.05) is 51.8 Å². The molecule has 0 saturated carbocycles. The zero-order valence-electron chi connectivity index (χ0n) is 10.2. The highest BCUT2D eigenvalue weighted by Crippen LogP contribution is 2.25. The molecule has 0 atom stereocenters. The van der Waals surface area contributed by atoms with Crippen molar-refractivity contribution < 1.29 is 0 Å². The molecule has 0 amide bonds. The van der Waals surface area contributed by atoms with Crippen LogP contribution >= 0.6 is 0 Å². The molecule has 0 bridgehead atoms. The predicted molar refractivity (Wildman–Crippen MR) is 66.5 cm³/mol. The van der Waals surface area contributed by atoms with Crippen molar-refractivity contribution in [3.8, 4) is 0 Å². The molecule has 0 aliphatic heterocycles. The van der Waals surface area contributed by atoms with Gasteiger partial charge < -0.3 is 0 Å². The fourth-order valence-corrected chi connectivity index (χ4v) is 1.51. The van der Waals surface area contributed by atoms with Crippen molar-refractivity contribution in [1.29, 1.82) is 0 Å². The van der Waals surface area contributed by atoms with E-state index < -0.39 is 0 Å². The van der Waals surface area contributed by atoms with E-state index >= 15 is 0 Å². The highest BCUT2D eigenvalue weighted by Gasteiger charge is 2.12. The van der Waals surface area contributed by atoms with Gasteiger partial charge >= 0.3 is 0 Å². The predicted octanol–water partition coefficient (Wildman–Crippen LogP) is 5.12. The fourth-order valence-electron chi connectivity index (χ4n) is 1.51. The second-order valence-corrected chi connectivity index (χ2v) is 4.83. The van der Waals surface area contributed by atoms with Gasteiger partial charge in [0.15, 0.2) is 0 Å². The van der Waals surface area contributed by atoms with Crippen LogP contribution in [-0.4, -0.2) is 0 Å². The van der Waals surface area contributed by atoms with Crippen molar-refractivity contribution in [2.45, 2.75) is 59.3 Å². The third-order valence-corrected chi connectivity index (χ3v) is 2.51. The molecule has 82 valence electrons. The van der Waals surface area contributed by atoms with Gasteiger partial charge in [0.05, 0.1) is 0 Å². The topological polar surface area (TPSA) is 0 Å². The summed E-state index contributed by atoms with van der Waals surface area (Å²) in [6, 6.07) is 0. The molecular weight excluding hydrogens is 168 g/mol. The Hall–Kier alpha value is -0.520. The number of rotatable bonds is 8. The lowest BCUT2D eigenvalue weighted by Crippen LogP contribution is -2.07. The van der Waals surface area contributed by atoms with Crippen LogP contribution in [0.3, 0.4) is 0 Å². The van der Waals surface area contributed by atoms with Gasteiger partial charge in [0, 0.05) is 0 Å². The lowest BCUT2D eigenvalue weighted by Gasteiger charge is -2.20. The average molecular weight is 194 g/mol. The van der Waals surface area contributed by atoms with Gasteiger partial charge in [0.25, 0.3) is 0 Å². The van der Waals surface area contributed by atoms with E-state index in [1.807, 2.05) is 6.08 Å². The fraction of sp³-hybridized carbons (Fsp3) is 0.714. The molecule has 0 aliphatic rings. The minimum absolute atomic E-state index is 0.392. The Balaban J connectivity index is 3.54. The summed E-state index contributed by atoms with van der Waals surface area (Å²) in [5.41, 5.74) is 0.392. The summed E-state index contributed by atoms with van der Waals surface area (Å²) in [6.45, 7) is 10.6. The number of unbranched alkanes of at least 4 members (excludes halogenated alkanes) is 3. The number of hydrogen-bond acceptors (Lipinski definition) is 0. The maximum atomic E-state index is 3.79. The van der Waals surface area contributed by atoms with E-state index in [-0.39, 0.29) is 0 Å². The van der Waals surface area contributed by atoms with E-state index in [1.165, 1.54) is 32.1 Å². The smallest absolute Gasteiger partial charge is 0.0285 e. The highest BCUT2D eigenvalue weighted by molar-refractivity contribution is 4.90. The number of hydrogen-bond donors (Lipinski definition) is 0. The molecular formula is C14H26. The Kier molecular flexibility index (Phi) is 7.55. The van der Waals surface area contributed by atoms with E-state index in [4.69, 9.17) is 0 Å². The molecule has 0 unspecified atom stereocenters. The summed E-state index contributed by atoms with van der Waals surface area (Å²) < 4.78 is 0. The van der Waals surface area contributed by atoms with Gasteiger partial charge in [0.1, 0.15) is 0 Å². The zero-order chi connectivity index (χ0) is 10.9. The van der Waals surface area contributed by atoms with Gasteiger partial charge in [-0.05, 0) is 31.1 Å². The van der Waals surface area contributed by atoms with Crippen molar-refractivity contribution in [3.05, 3.63) is 24.8 Å². The monoisotopic (exact) mass is 194 g/mol. The van der Waals surface area contributed by atoms with Gasteiger partial charge in [0.2, 0.25) is 0 Å². The van der Waals surface area contributed by atoms with Crippen LogP contribution in [0.5, 0.6) is 0 Å². The van der Waals surface area contributed by atoms with E-state index in [0.29, 0.717) is 5.41 Å². The van der Waals surface area contributed by atoms with Crippen molar-refractivity contribution >= 4 is 0 Å². The lowest BCUT2D eigenvalue weighted by molar-refractivity contribution is 0.377. The van der Waals surface area contributed by atoms with Gasteiger partial charge in [-0.15, -0.1) is 6.58 Å². The Morgan fingerprint density at radius 3 is 2.36 bits per heavy atom. The van der Waals surface area contributed by atoms with E-state index in [1.54, 1.807) is 0 Å². The average Bonchev–Trinajstić information content (AvgIpc) is 2.11. The Morgan fingerprint density at radius 1 is 1.07 bits per heavy atom.